The van der Waals surface area contributed by atoms with Crippen LogP contribution in [0.15, 0.2) is 36.7 Å². The molecule has 6 heteroatoms. The Morgan fingerprint density at radius 2 is 1.81 bits per heavy atom. The number of hydrogen-bond donors (Lipinski definition) is 1. The van der Waals surface area contributed by atoms with E-state index in [2.05, 4.69) is 27.1 Å². The lowest BCUT2D eigenvalue weighted by molar-refractivity contribution is 0.102. The lowest BCUT2D eigenvalue weighted by Crippen LogP contribution is -2.20. The number of hydrogen-bond acceptors (Lipinski definition) is 5. The molecule has 0 atom stereocenters. The molecule has 6 nitrogen and oxygen atoms in total. The first-order chi connectivity index (χ1) is 12.8. The maximum Gasteiger partial charge on any atom is 0.255 e. The molecule has 1 aromatic heterocycles. The second-order valence-electron chi connectivity index (χ2n) is 6.50. The number of anilines is 2. The smallest absolute Gasteiger partial charge is 0.255 e. The summed E-state index contributed by atoms with van der Waals surface area (Å²) in [5.41, 5.74) is 1.17. The van der Waals surface area contributed by atoms with Gasteiger partial charge in [-0.15, -0.1) is 0 Å². The van der Waals surface area contributed by atoms with Gasteiger partial charge in [-0.25, -0.2) is 9.97 Å². The average molecular weight is 354 g/mol. The van der Waals surface area contributed by atoms with Crippen molar-refractivity contribution in [3.05, 3.63) is 42.2 Å². The molecule has 2 heterocycles. The third kappa shape index (κ3) is 4.94. The van der Waals surface area contributed by atoms with Crippen LogP contribution in [0.25, 0.3) is 0 Å². The van der Waals surface area contributed by atoms with Crippen LogP contribution in [0.1, 0.15) is 49.4 Å². The van der Waals surface area contributed by atoms with E-state index in [0.717, 1.165) is 31.2 Å². The molecule has 1 amide bonds. The van der Waals surface area contributed by atoms with Crippen LogP contribution in [0.5, 0.6) is 5.75 Å². The van der Waals surface area contributed by atoms with Crippen molar-refractivity contribution in [2.24, 2.45) is 0 Å². The summed E-state index contributed by atoms with van der Waals surface area (Å²) in [6.45, 7) is 4.87. The summed E-state index contributed by atoms with van der Waals surface area (Å²) in [5, 5.41) is 2.83. The van der Waals surface area contributed by atoms with Crippen molar-refractivity contribution in [2.75, 3.05) is 29.9 Å². The van der Waals surface area contributed by atoms with Crippen LogP contribution in [0, 0.1) is 0 Å². The Kier molecular flexibility index (Phi) is 6.41. The number of rotatable bonds is 8. The van der Waals surface area contributed by atoms with Gasteiger partial charge in [-0.3, -0.25) is 4.79 Å². The van der Waals surface area contributed by atoms with Gasteiger partial charge in [0.05, 0.1) is 24.7 Å². The van der Waals surface area contributed by atoms with Crippen molar-refractivity contribution < 1.29 is 9.53 Å². The second-order valence-corrected chi connectivity index (χ2v) is 6.50. The lowest BCUT2D eigenvalue weighted by Gasteiger charge is -2.14. The van der Waals surface area contributed by atoms with E-state index in [1.165, 1.54) is 25.7 Å². The van der Waals surface area contributed by atoms with Crippen molar-refractivity contribution in [3.63, 3.8) is 0 Å². The number of carbonyl (C=O) groups is 1. The van der Waals surface area contributed by atoms with Gasteiger partial charge in [-0.1, -0.05) is 19.8 Å². The van der Waals surface area contributed by atoms with Crippen LogP contribution in [-0.2, 0) is 0 Å². The molecule has 2 aromatic rings. The topological polar surface area (TPSA) is 67.3 Å². The van der Waals surface area contributed by atoms with Crippen molar-refractivity contribution in [1.82, 2.24) is 9.97 Å². The molecule has 3 rings (SSSR count). The molecule has 1 aliphatic heterocycles. The van der Waals surface area contributed by atoms with Gasteiger partial charge in [0, 0.05) is 18.7 Å². The van der Waals surface area contributed by atoms with Crippen LogP contribution in [0.2, 0.25) is 0 Å². The van der Waals surface area contributed by atoms with E-state index in [9.17, 15) is 4.79 Å². The summed E-state index contributed by atoms with van der Waals surface area (Å²) >= 11 is 0. The normalized spacial score (nSPS) is 13.7. The molecule has 1 N–H and O–H groups in total. The van der Waals surface area contributed by atoms with Crippen molar-refractivity contribution >= 4 is 17.5 Å². The van der Waals surface area contributed by atoms with E-state index in [1.54, 1.807) is 24.5 Å². The first-order valence-corrected chi connectivity index (χ1v) is 9.37. The zero-order valence-electron chi connectivity index (χ0n) is 15.3. The highest BCUT2D eigenvalue weighted by Gasteiger charge is 2.15. The molecule has 26 heavy (non-hydrogen) atoms. The Hall–Kier alpha value is -2.63. The van der Waals surface area contributed by atoms with Gasteiger partial charge in [-0.2, -0.15) is 0 Å². The molecule has 0 unspecified atom stereocenters. The first kappa shape index (κ1) is 18.2. The highest BCUT2D eigenvalue weighted by atomic mass is 16.5. The molecular formula is C20H26N4O2. The van der Waals surface area contributed by atoms with E-state index in [0.29, 0.717) is 17.9 Å². The maximum atomic E-state index is 12.3. The minimum Gasteiger partial charge on any atom is -0.494 e. The number of benzene rings is 1. The number of carbonyl (C=O) groups excluding carboxylic acids is 1. The van der Waals surface area contributed by atoms with Crippen molar-refractivity contribution in [3.8, 4) is 5.75 Å². The van der Waals surface area contributed by atoms with Crippen LogP contribution in [0.4, 0.5) is 11.6 Å². The minimum atomic E-state index is -0.181. The predicted octanol–water partition coefficient (Wildman–Crippen LogP) is 3.90. The van der Waals surface area contributed by atoms with Gasteiger partial charge in [0.25, 0.3) is 5.91 Å². The Labute approximate surface area is 154 Å². The molecular weight excluding hydrogens is 328 g/mol. The Morgan fingerprint density at radius 1 is 1.12 bits per heavy atom. The number of amides is 1. The summed E-state index contributed by atoms with van der Waals surface area (Å²) in [5.74, 6) is 1.33. The first-order valence-electron chi connectivity index (χ1n) is 9.37. The number of aromatic nitrogens is 2. The SMILES string of the molecule is CCCCCOc1ccc(C(=O)Nc2cnc(N3CCCC3)nc2)cc1. The number of unbranched alkanes of at least 4 members (excludes halogenated alkanes) is 2. The van der Waals surface area contributed by atoms with Gasteiger partial charge in [0.15, 0.2) is 0 Å². The molecule has 1 fully saturated rings. The van der Waals surface area contributed by atoms with Crippen LogP contribution in [0.3, 0.4) is 0 Å². The number of ether oxygens (including phenoxy) is 1. The summed E-state index contributed by atoms with van der Waals surface area (Å²) in [6, 6.07) is 7.19. The number of nitrogens with one attached hydrogen (secondary N) is 1. The zero-order valence-corrected chi connectivity index (χ0v) is 15.3. The molecule has 1 aliphatic rings. The van der Waals surface area contributed by atoms with E-state index in [-0.39, 0.29) is 5.91 Å². The Bertz CT molecular complexity index is 695. The van der Waals surface area contributed by atoms with Crippen LogP contribution < -0.4 is 15.0 Å². The van der Waals surface area contributed by atoms with Crippen molar-refractivity contribution in [1.29, 1.82) is 0 Å². The molecule has 0 spiro atoms. The third-order valence-corrected chi connectivity index (χ3v) is 4.42. The monoisotopic (exact) mass is 354 g/mol. The molecule has 0 saturated carbocycles. The van der Waals surface area contributed by atoms with E-state index in [1.807, 2.05) is 12.1 Å². The summed E-state index contributed by atoms with van der Waals surface area (Å²) < 4.78 is 5.67. The van der Waals surface area contributed by atoms with E-state index >= 15 is 0 Å². The highest BCUT2D eigenvalue weighted by Crippen LogP contribution is 2.17. The highest BCUT2D eigenvalue weighted by molar-refractivity contribution is 6.04. The Morgan fingerprint density at radius 3 is 2.46 bits per heavy atom. The standard InChI is InChI=1S/C20H26N4O2/c1-2-3-6-13-26-18-9-7-16(8-10-18)19(25)23-17-14-21-20(22-15-17)24-11-4-5-12-24/h7-10,14-15H,2-6,11-13H2,1H3,(H,23,25). The quantitative estimate of drug-likeness (QED) is 0.728. The van der Waals surface area contributed by atoms with Gasteiger partial charge < -0.3 is 15.0 Å². The van der Waals surface area contributed by atoms with Crippen molar-refractivity contribution in [2.45, 2.75) is 39.0 Å². The van der Waals surface area contributed by atoms with E-state index in [4.69, 9.17) is 4.74 Å². The molecule has 1 saturated heterocycles. The zero-order chi connectivity index (χ0) is 18.2. The number of nitrogens with zero attached hydrogens (tertiary/aromatic N) is 3. The van der Waals surface area contributed by atoms with Crippen LogP contribution in [-0.4, -0.2) is 35.6 Å². The fourth-order valence-electron chi connectivity index (χ4n) is 2.91. The summed E-state index contributed by atoms with van der Waals surface area (Å²) in [7, 11) is 0. The van der Waals surface area contributed by atoms with Gasteiger partial charge in [0.2, 0.25) is 5.95 Å². The third-order valence-electron chi connectivity index (χ3n) is 4.42. The van der Waals surface area contributed by atoms with Gasteiger partial charge in [0.1, 0.15) is 5.75 Å². The average Bonchev–Trinajstić information content (AvgIpc) is 3.21. The minimum absolute atomic E-state index is 0.181. The van der Waals surface area contributed by atoms with Gasteiger partial charge >= 0.3 is 0 Å². The summed E-state index contributed by atoms with van der Waals surface area (Å²) in [4.78, 5) is 23.2. The molecule has 138 valence electrons. The molecule has 0 radical (unpaired) electrons. The molecule has 1 aromatic carbocycles. The predicted molar refractivity (Wildman–Crippen MR) is 103 cm³/mol. The van der Waals surface area contributed by atoms with E-state index < -0.39 is 0 Å². The Balaban J connectivity index is 1.52. The largest absolute Gasteiger partial charge is 0.494 e. The fraction of sp³-hybridized carbons (Fsp3) is 0.450. The molecule has 0 bridgehead atoms. The summed E-state index contributed by atoms with van der Waals surface area (Å²) in [6.07, 6.45) is 9.06. The van der Waals surface area contributed by atoms with Gasteiger partial charge in [-0.05, 0) is 43.5 Å². The maximum absolute atomic E-state index is 12.3. The fourth-order valence-corrected chi connectivity index (χ4v) is 2.91. The van der Waals surface area contributed by atoms with Crippen LogP contribution >= 0.6 is 0 Å². The second kappa shape index (κ2) is 9.17. The lowest BCUT2D eigenvalue weighted by atomic mass is 10.2. The molecule has 0 aliphatic carbocycles.